The molecule has 0 aliphatic carbocycles. The largest absolute Gasteiger partial charge is 0.163 e. The minimum absolute atomic E-state index is 0.0132. The maximum absolute atomic E-state index is 5.00. The van der Waals surface area contributed by atoms with E-state index in [9.17, 15) is 0 Å². The van der Waals surface area contributed by atoms with Crippen molar-refractivity contribution < 1.29 is 0 Å². The lowest BCUT2D eigenvalue weighted by Gasteiger charge is -2.31. The van der Waals surface area contributed by atoms with Crippen molar-refractivity contribution in [2.24, 2.45) is 0 Å². The zero-order valence-corrected chi connectivity index (χ0v) is 20.9. The molecule has 0 aromatic heterocycles. The highest BCUT2D eigenvalue weighted by Crippen LogP contribution is 2.64. The van der Waals surface area contributed by atoms with Crippen molar-refractivity contribution in [2.75, 3.05) is 12.3 Å². The molecule has 0 nitrogen and oxygen atoms in total. The molecule has 0 N–H and O–H groups in total. The molecule has 0 amide bonds. The van der Waals surface area contributed by atoms with Gasteiger partial charge in [-0.2, -0.15) is 0 Å². The number of hydrogen-bond acceptors (Lipinski definition) is 2. The third kappa shape index (κ3) is 5.10. The molecule has 0 radical (unpaired) electrons. The van der Waals surface area contributed by atoms with Gasteiger partial charge in [-0.15, -0.1) is 25.3 Å². The van der Waals surface area contributed by atoms with E-state index < -0.39 is 15.2 Å². The maximum atomic E-state index is 5.00. The van der Waals surface area contributed by atoms with E-state index in [4.69, 9.17) is 25.3 Å². The number of thiol groups is 2. The van der Waals surface area contributed by atoms with E-state index in [-0.39, 0.29) is 4.32 Å². The highest BCUT2D eigenvalue weighted by atomic mass is 32.2. The Hall–Kier alpha value is -1.56. The fraction of sp³-hybridized carbons (Fsp3) is 0.111. The third-order valence-corrected chi connectivity index (χ3v) is 15.0. The molecule has 156 valence electrons. The van der Waals surface area contributed by atoms with E-state index in [1.807, 2.05) is 0 Å². The van der Waals surface area contributed by atoms with E-state index >= 15 is 0 Å². The summed E-state index contributed by atoms with van der Waals surface area (Å²) < 4.78 is -0.0132. The van der Waals surface area contributed by atoms with Crippen LogP contribution in [0.4, 0.5) is 0 Å². The van der Waals surface area contributed by atoms with E-state index in [2.05, 4.69) is 121 Å². The summed E-state index contributed by atoms with van der Waals surface area (Å²) in [7, 11) is -2.28. The normalized spacial score (nSPS) is 11.7. The minimum Gasteiger partial charge on any atom is -0.124 e. The summed E-state index contributed by atoms with van der Waals surface area (Å²) in [6, 6.07) is 43.8. The lowest BCUT2D eigenvalue weighted by atomic mass is 10.4. The molecule has 0 unspecified atom stereocenters. The zero-order valence-electron chi connectivity index (χ0n) is 17.3. The molecule has 0 fully saturated rings. The molecule has 31 heavy (non-hydrogen) atoms. The fourth-order valence-electron chi connectivity index (χ4n) is 4.06. The molecule has 4 aromatic rings. The Balaban J connectivity index is 1.78. The topological polar surface area (TPSA) is 0 Å². The van der Waals surface area contributed by atoms with Crippen LogP contribution in [0.15, 0.2) is 121 Å². The molecule has 0 aliphatic rings. The van der Waals surface area contributed by atoms with Crippen molar-refractivity contribution in [1.29, 1.82) is 0 Å². The quantitative estimate of drug-likeness (QED) is 0.175. The molecular weight excluding hydrogens is 450 g/mol. The molecule has 0 spiro atoms. The first kappa shape index (κ1) is 22.6. The Labute approximate surface area is 199 Å². The van der Waals surface area contributed by atoms with E-state index in [0.29, 0.717) is 0 Å². The number of benzene rings is 4. The summed E-state index contributed by atoms with van der Waals surface area (Å²) in [4.78, 5) is 0. The molecule has 0 heterocycles. The number of hydrogen-bond donors (Lipinski definition) is 2. The van der Waals surface area contributed by atoms with Crippen LogP contribution in [0.2, 0.25) is 0 Å². The molecule has 4 heteroatoms. The van der Waals surface area contributed by atoms with Crippen LogP contribution in [-0.4, -0.2) is 16.6 Å². The molecule has 0 aliphatic heterocycles. The van der Waals surface area contributed by atoms with Gasteiger partial charge < -0.3 is 0 Å². The summed E-state index contributed by atoms with van der Waals surface area (Å²) in [6.45, 7) is 0. The smallest absolute Gasteiger partial charge is 0.124 e. The van der Waals surface area contributed by atoms with Gasteiger partial charge in [-0.05, 0) is 42.8 Å². The highest BCUT2D eigenvalue weighted by Gasteiger charge is 2.47. The Kier molecular flexibility index (Phi) is 7.91. The lowest BCUT2D eigenvalue weighted by molar-refractivity contribution is 1.47. The molecular formula is C27H27P2S2+. The molecule has 4 aromatic carbocycles. The van der Waals surface area contributed by atoms with Crippen molar-refractivity contribution in [1.82, 2.24) is 0 Å². The monoisotopic (exact) mass is 477 g/mol. The van der Waals surface area contributed by atoms with E-state index in [0.717, 1.165) is 12.3 Å². The van der Waals surface area contributed by atoms with Gasteiger partial charge >= 0.3 is 0 Å². The van der Waals surface area contributed by atoms with Gasteiger partial charge in [-0.3, -0.25) is 0 Å². The lowest BCUT2D eigenvalue weighted by Crippen LogP contribution is -2.31. The van der Waals surface area contributed by atoms with Crippen LogP contribution in [0.25, 0.3) is 0 Å². The Bertz CT molecular complexity index is 976. The van der Waals surface area contributed by atoms with Crippen molar-refractivity contribution in [2.45, 2.75) is 4.32 Å². The van der Waals surface area contributed by atoms with E-state index in [1.54, 1.807) is 0 Å². The first-order chi connectivity index (χ1) is 15.2. The van der Waals surface area contributed by atoms with Crippen molar-refractivity contribution in [3.8, 4) is 0 Å². The SMILES string of the molecule is SC(S)[P+](CCP(c1ccccc1)c1ccccc1)(c1ccccc1)c1ccccc1. The third-order valence-electron chi connectivity index (χ3n) is 5.64. The fourth-order valence-corrected chi connectivity index (χ4v) is 13.3. The first-order valence-corrected chi connectivity index (χ1v) is 15.0. The van der Waals surface area contributed by atoms with Gasteiger partial charge in [-0.1, -0.05) is 97.1 Å². The predicted octanol–water partition coefficient (Wildman–Crippen LogP) is 5.93. The first-order valence-electron chi connectivity index (χ1n) is 10.4. The summed E-state index contributed by atoms with van der Waals surface area (Å²) in [6.07, 6.45) is 2.19. The Morgan fingerprint density at radius 3 is 1.26 bits per heavy atom. The van der Waals surface area contributed by atoms with Gasteiger partial charge in [-0.25, -0.2) is 0 Å². The highest BCUT2D eigenvalue weighted by molar-refractivity contribution is 8.16. The van der Waals surface area contributed by atoms with Crippen LogP contribution < -0.4 is 21.2 Å². The van der Waals surface area contributed by atoms with Gasteiger partial charge in [0.1, 0.15) is 17.9 Å². The summed E-state index contributed by atoms with van der Waals surface area (Å²) in [5.41, 5.74) is 0. The standard InChI is InChI=1S/C27H26P2S2/c30-27(31)29(25-17-9-3-10-18-25,26-19-11-4-12-20-26)22-21-28(23-13-5-1-6-14-23)24-15-7-2-8-16-24/h1-20,27H,21-22H2,(H-,30,31)/p+1. The van der Waals surface area contributed by atoms with Gasteiger partial charge in [0.25, 0.3) is 0 Å². The van der Waals surface area contributed by atoms with E-state index in [1.165, 1.54) is 21.2 Å². The van der Waals surface area contributed by atoms with Crippen LogP contribution in [0.5, 0.6) is 0 Å². The summed E-state index contributed by atoms with van der Waals surface area (Å²) >= 11 is 10.00. The van der Waals surface area contributed by atoms with Crippen molar-refractivity contribution >= 4 is 61.7 Å². The Morgan fingerprint density at radius 2 is 0.903 bits per heavy atom. The molecule has 0 saturated carbocycles. The van der Waals surface area contributed by atoms with Crippen LogP contribution in [-0.2, 0) is 0 Å². The van der Waals surface area contributed by atoms with Crippen molar-refractivity contribution in [3.63, 3.8) is 0 Å². The minimum atomic E-state index is -1.82. The average Bonchev–Trinajstić information content (AvgIpc) is 2.84. The predicted molar refractivity (Wildman–Crippen MR) is 150 cm³/mol. The van der Waals surface area contributed by atoms with Crippen LogP contribution >= 0.6 is 40.4 Å². The number of rotatable bonds is 8. The second-order valence-corrected chi connectivity index (χ2v) is 15.8. The zero-order chi connectivity index (χ0) is 21.5. The van der Waals surface area contributed by atoms with Crippen molar-refractivity contribution in [3.05, 3.63) is 121 Å². The van der Waals surface area contributed by atoms with Gasteiger partial charge in [0.2, 0.25) is 0 Å². The van der Waals surface area contributed by atoms with Crippen LogP contribution in [0, 0.1) is 0 Å². The average molecular weight is 478 g/mol. The molecule has 0 bridgehead atoms. The second kappa shape index (κ2) is 10.8. The summed E-state index contributed by atoms with van der Waals surface area (Å²) in [5.74, 6) is 0. The van der Waals surface area contributed by atoms with Gasteiger partial charge in [0, 0.05) is 6.16 Å². The van der Waals surface area contributed by atoms with Gasteiger partial charge in [0.05, 0.1) is 6.16 Å². The molecule has 0 saturated heterocycles. The second-order valence-electron chi connectivity index (χ2n) is 7.43. The summed E-state index contributed by atoms with van der Waals surface area (Å²) in [5, 5.41) is 5.62. The Morgan fingerprint density at radius 1 is 0.548 bits per heavy atom. The molecule has 4 rings (SSSR count). The molecule has 0 atom stereocenters. The van der Waals surface area contributed by atoms with Crippen LogP contribution in [0.1, 0.15) is 0 Å². The van der Waals surface area contributed by atoms with Crippen LogP contribution in [0.3, 0.4) is 0 Å². The van der Waals surface area contributed by atoms with Gasteiger partial charge in [0.15, 0.2) is 4.32 Å². The maximum Gasteiger partial charge on any atom is 0.163 e.